The molecule has 1 aromatic heterocycles. The van der Waals surface area contributed by atoms with E-state index in [1.165, 1.54) is 38.5 Å². The van der Waals surface area contributed by atoms with Crippen LogP contribution in [-0.2, 0) is 0 Å². The third-order valence-corrected chi connectivity index (χ3v) is 9.70. The van der Waals surface area contributed by atoms with Gasteiger partial charge in [0, 0.05) is 5.56 Å². The number of rotatable bonds is 4. The van der Waals surface area contributed by atoms with Crippen LogP contribution in [0.15, 0.2) is 35.7 Å². The zero-order valence-electron chi connectivity index (χ0n) is 18.4. The molecular formula is C26H40O2. The maximum atomic E-state index is 11.2. The van der Waals surface area contributed by atoms with Gasteiger partial charge in [-0.3, -0.25) is 0 Å². The molecule has 0 saturated heterocycles. The highest BCUT2D eigenvalue weighted by Gasteiger charge is 2.62. The number of hydrogen-bond acceptors (Lipinski definition) is 2. The summed E-state index contributed by atoms with van der Waals surface area (Å²) in [5.74, 6) is 2.40. The molecule has 0 unspecified atom stereocenters. The second-order valence-corrected chi connectivity index (χ2v) is 11.4. The van der Waals surface area contributed by atoms with Crippen LogP contribution >= 0.6 is 0 Å². The molecule has 0 radical (unpaired) electrons. The molecule has 7 atom stereocenters. The highest BCUT2D eigenvalue weighted by Crippen LogP contribution is 2.70. The smallest absolute Gasteiger partial charge is 0.0960 e. The summed E-state index contributed by atoms with van der Waals surface area (Å²) in [5.41, 5.74) is 2.15. The Morgan fingerprint density at radius 1 is 1.11 bits per heavy atom. The topological polar surface area (TPSA) is 33.4 Å². The lowest BCUT2D eigenvalue weighted by atomic mass is 9.38. The average molecular weight is 385 g/mol. The highest BCUT2D eigenvalue weighted by molar-refractivity contribution is 5.16. The first-order valence-electron chi connectivity index (χ1n) is 11.5. The van der Waals surface area contributed by atoms with Crippen molar-refractivity contribution >= 4 is 0 Å². The molecule has 0 spiro atoms. The minimum atomic E-state index is -0.421. The Bertz CT molecular complexity index is 689. The van der Waals surface area contributed by atoms with Crippen LogP contribution in [-0.4, -0.2) is 5.11 Å². The van der Waals surface area contributed by atoms with Gasteiger partial charge in [0.05, 0.1) is 18.6 Å². The summed E-state index contributed by atoms with van der Waals surface area (Å²) in [5, 5.41) is 11.2. The Labute approximate surface area is 171 Å². The van der Waals surface area contributed by atoms with Crippen molar-refractivity contribution in [2.24, 2.45) is 39.9 Å². The molecule has 3 aliphatic rings. The van der Waals surface area contributed by atoms with Crippen LogP contribution in [0, 0.1) is 39.9 Å². The minimum absolute atomic E-state index is 0.292. The van der Waals surface area contributed by atoms with E-state index in [1.807, 2.05) is 6.07 Å². The van der Waals surface area contributed by atoms with Gasteiger partial charge in [0.1, 0.15) is 0 Å². The zero-order chi connectivity index (χ0) is 20.2. The maximum absolute atomic E-state index is 11.2. The second kappa shape index (κ2) is 7.04. The van der Waals surface area contributed by atoms with Crippen LogP contribution in [0.3, 0.4) is 0 Å². The number of aliphatic hydroxyl groups is 1. The Morgan fingerprint density at radius 3 is 2.57 bits per heavy atom. The van der Waals surface area contributed by atoms with E-state index in [0.717, 1.165) is 30.2 Å². The average Bonchev–Trinajstić information content (AvgIpc) is 3.16. The van der Waals surface area contributed by atoms with E-state index in [-0.39, 0.29) is 0 Å². The molecule has 2 nitrogen and oxygen atoms in total. The zero-order valence-corrected chi connectivity index (χ0v) is 18.4. The molecule has 1 heterocycles. The van der Waals surface area contributed by atoms with Crippen molar-refractivity contribution in [2.75, 3.05) is 0 Å². The number of hydrogen-bond donors (Lipinski definition) is 1. The van der Waals surface area contributed by atoms with Gasteiger partial charge in [0.25, 0.3) is 0 Å². The first-order chi connectivity index (χ1) is 13.2. The summed E-state index contributed by atoms with van der Waals surface area (Å²) in [7, 11) is 0. The van der Waals surface area contributed by atoms with Gasteiger partial charge < -0.3 is 9.52 Å². The molecule has 0 aliphatic heterocycles. The second-order valence-electron chi connectivity index (χ2n) is 11.4. The van der Waals surface area contributed by atoms with E-state index in [1.54, 1.807) is 12.5 Å². The van der Waals surface area contributed by atoms with Crippen LogP contribution < -0.4 is 0 Å². The van der Waals surface area contributed by atoms with Gasteiger partial charge in [-0.2, -0.15) is 0 Å². The van der Waals surface area contributed by atoms with Gasteiger partial charge in [-0.25, -0.2) is 0 Å². The largest absolute Gasteiger partial charge is 0.472 e. The lowest BCUT2D eigenvalue weighted by molar-refractivity contribution is -0.184. The molecule has 1 N–H and O–H groups in total. The molecule has 4 rings (SSSR count). The molecule has 0 bridgehead atoms. The van der Waals surface area contributed by atoms with E-state index >= 15 is 0 Å². The number of aliphatic hydroxyl groups excluding tert-OH is 1. The molecule has 0 amide bonds. The highest BCUT2D eigenvalue weighted by atomic mass is 16.3. The summed E-state index contributed by atoms with van der Waals surface area (Å²) in [6.07, 6.45) is 15.3. The Morgan fingerprint density at radius 2 is 1.89 bits per heavy atom. The molecule has 3 saturated carbocycles. The van der Waals surface area contributed by atoms with Gasteiger partial charge in [0.2, 0.25) is 0 Å². The third-order valence-electron chi connectivity index (χ3n) is 9.70. The summed E-state index contributed by atoms with van der Waals surface area (Å²) < 4.78 is 5.28. The molecule has 1 aromatic rings. The minimum Gasteiger partial charge on any atom is -0.472 e. The first kappa shape index (κ1) is 20.3. The molecule has 0 aromatic carbocycles. The van der Waals surface area contributed by atoms with E-state index in [2.05, 4.69) is 40.3 Å². The number of allylic oxidation sites excluding steroid dienone is 1. The number of furan rings is 1. The fourth-order valence-corrected chi connectivity index (χ4v) is 8.53. The van der Waals surface area contributed by atoms with Crippen molar-refractivity contribution in [3.05, 3.63) is 36.8 Å². The lowest BCUT2D eigenvalue weighted by Gasteiger charge is -2.67. The maximum Gasteiger partial charge on any atom is 0.0960 e. The van der Waals surface area contributed by atoms with Crippen LogP contribution in [0.5, 0.6) is 0 Å². The Kier molecular flexibility index (Phi) is 5.10. The van der Waals surface area contributed by atoms with E-state index < -0.39 is 6.10 Å². The molecular weight excluding hydrogens is 344 g/mol. The van der Waals surface area contributed by atoms with Crippen LogP contribution in [0.2, 0.25) is 0 Å². The van der Waals surface area contributed by atoms with Gasteiger partial charge >= 0.3 is 0 Å². The SMILES string of the molecule is C=CC[C@@H]1[C@@H]([C@@H](O)c2ccoc2)CC[C@H]2[C@@]1(C)CC[C@H]1C(C)(C)CCC[C@]21C. The lowest BCUT2D eigenvalue weighted by Crippen LogP contribution is -2.59. The summed E-state index contributed by atoms with van der Waals surface area (Å²) in [6, 6.07) is 1.94. The van der Waals surface area contributed by atoms with Crippen molar-refractivity contribution in [1.29, 1.82) is 0 Å². The van der Waals surface area contributed by atoms with Crippen molar-refractivity contribution in [3.8, 4) is 0 Å². The first-order valence-corrected chi connectivity index (χ1v) is 11.5. The fraction of sp³-hybridized carbons (Fsp3) is 0.769. The summed E-state index contributed by atoms with van der Waals surface area (Å²) in [4.78, 5) is 0. The predicted octanol–water partition coefficient (Wildman–Crippen LogP) is 7.16. The Hall–Kier alpha value is -1.02. The summed E-state index contributed by atoms with van der Waals surface area (Å²) >= 11 is 0. The van der Waals surface area contributed by atoms with Gasteiger partial charge in [0.15, 0.2) is 0 Å². The van der Waals surface area contributed by atoms with Crippen molar-refractivity contribution in [2.45, 2.75) is 85.2 Å². The standard InChI is InChI=1S/C26H40O2/c1-6-8-20-19(23(27)18-12-16-28-17-18)9-10-22-25(20,4)15-11-21-24(2,3)13-7-14-26(21,22)5/h6,12,16-17,19-23,27H,1,7-11,13-15H2,2-5H3/t19-,20+,21-,22-,23-,25-,26-/m0/s1. The molecule has 3 aliphatic carbocycles. The van der Waals surface area contributed by atoms with Crippen LogP contribution in [0.4, 0.5) is 0 Å². The van der Waals surface area contributed by atoms with Gasteiger partial charge in [-0.1, -0.05) is 40.2 Å². The molecule has 3 fully saturated rings. The van der Waals surface area contributed by atoms with Crippen molar-refractivity contribution in [3.63, 3.8) is 0 Å². The van der Waals surface area contributed by atoms with E-state index in [9.17, 15) is 5.11 Å². The predicted molar refractivity (Wildman–Crippen MR) is 115 cm³/mol. The Balaban J connectivity index is 1.69. The van der Waals surface area contributed by atoms with Crippen molar-refractivity contribution < 1.29 is 9.52 Å². The van der Waals surface area contributed by atoms with Crippen molar-refractivity contribution in [1.82, 2.24) is 0 Å². The fourth-order valence-electron chi connectivity index (χ4n) is 8.53. The van der Waals surface area contributed by atoms with Gasteiger partial charge in [-0.05, 0) is 90.9 Å². The quantitative estimate of drug-likeness (QED) is 0.558. The number of fused-ring (bicyclic) bond motifs is 3. The molecule has 2 heteroatoms. The summed E-state index contributed by atoms with van der Waals surface area (Å²) in [6.45, 7) is 14.3. The monoisotopic (exact) mass is 384 g/mol. The third kappa shape index (κ3) is 2.93. The van der Waals surface area contributed by atoms with Crippen LogP contribution in [0.1, 0.15) is 90.7 Å². The van der Waals surface area contributed by atoms with E-state index in [4.69, 9.17) is 4.42 Å². The van der Waals surface area contributed by atoms with E-state index in [0.29, 0.717) is 28.1 Å². The van der Waals surface area contributed by atoms with Gasteiger partial charge in [-0.15, -0.1) is 6.58 Å². The molecule has 28 heavy (non-hydrogen) atoms. The normalized spacial score (nSPS) is 43.6. The van der Waals surface area contributed by atoms with Crippen LogP contribution in [0.25, 0.3) is 0 Å². The molecule has 156 valence electrons.